The topological polar surface area (TPSA) is 51.3 Å². The van der Waals surface area contributed by atoms with Crippen LogP contribution in [0.5, 0.6) is 0 Å². The number of carbonyl (C=O) groups excluding carboxylic acids is 1. The van der Waals surface area contributed by atoms with E-state index in [0.717, 1.165) is 33.9 Å². The molecule has 1 aromatic heterocycles. The van der Waals surface area contributed by atoms with E-state index in [-0.39, 0.29) is 11.4 Å². The van der Waals surface area contributed by atoms with Crippen LogP contribution in [0.15, 0.2) is 59.1 Å². The smallest absolute Gasteiger partial charge is 0.274 e. The summed E-state index contributed by atoms with van der Waals surface area (Å²) in [5, 5.41) is 1.05. The molecule has 0 aliphatic heterocycles. The zero-order valence-corrected chi connectivity index (χ0v) is 15.7. The Morgan fingerprint density at radius 2 is 1.92 bits per heavy atom. The molecule has 1 amide bonds. The number of nitrogens with zero attached hydrogens (tertiary/aromatic N) is 2. The lowest BCUT2D eigenvalue weighted by molar-refractivity contribution is 0.0982. The van der Waals surface area contributed by atoms with Crippen LogP contribution in [0.2, 0.25) is 0 Å². The van der Waals surface area contributed by atoms with Crippen molar-refractivity contribution < 1.29 is 4.79 Å². The Balaban J connectivity index is 1.86. The van der Waals surface area contributed by atoms with Gasteiger partial charge in [-0.2, -0.15) is 0 Å². The van der Waals surface area contributed by atoms with Gasteiger partial charge in [0.1, 0.15) is 5.69 Å². The molecule has 5 heteroatoms. The predicted molar refractivity (Wildman–Crippen MR) is 105 cm³/mol. The molecule has 0 bridgehead atoms. The Labute approximate surface area is 155 Å². The molecule has 2 N–H and O–H groups in total. The standard InChI is InChI=1S/C20H20BrN3O/c1-23(16-5-3-2-4-6-16)19(25)18-12-14-11-15(21)7-8-17(14)24(18)20(13-22)9-10-20/h2-8,11-12H,9-10,13,22H2,1H3. The molecule has 2 aromatic carbocycles. The highest BCUT2D eigenvalue weighted by Crippen LogP contribution is 2.46. The van der Waals surface area contributed by atoms with Crippen molar-refractivity contribution in [2.75, 3.05) is 18.5 Å². The number of amides is 1. The molecular formula is C20H20BrN3O. The summed E-state index contributed by atoms with van der Waals surface area (Å²) in [5.41, 5.74) is 8.60. The Bertz CT molecular complexity index is 944. The van der Waals surface area contributed by atoms with Crippen LogP contribution in [0, 0.1) is 0 Å². The number of anilines is 1. The summed E-state index contributed by atoms with van der Waals surface area (Å²) in [6, 6.07) is 17.8. The summed E-state index contributed by atoms with van der Waals surface area (Å²) in [7, 11) is 1.82. The zero-order valence-electron chi connectivity index (χ0n) is 14.1. The van der Waals surface area contributed by atoms with Crippen LogP contribution in [-0.4, -0.2) is 24.1 Å². The van der Waals surface area contributed by atoms with Crippen molar-refractivity contribution in [1.29, 1.82) is 0 Å². The second-order valence-corrected chi connectivity index (χ2v) is 7.61. The van der Waals surface area contributed by atoms with E-state index in [0.29, 0.717) is 12.2 Å². The van der Waals surface area contributed by atoms with Crippen molar-refractivity contribution >= 4 is 38.4 Å². The average Bonchev–Trinajstić information content (AvgIpc) is 3.34. The molecule has 1 saturated carbocycles. The summed E-state index contributed by atoms with van der Waals surface area (Å²) in [6.07, 6.45) is 2.03. The highest BCUT2D eigenvalue weighted by molar-refractivity contribution is 9.10. The van der Waals surface area contributed by atoms with Crippen LogP contribution in [0.1, 0.15) is 23.3 Å². The predicted octanol–water partition coefficient (Wildman–Crippen LogP) is 4.13. The van der Waals surface area contributed by atoms with Crippen LogP contribution < -0.4 is 10.6 Å². The molecule has 0 radical (unpaired) electrons. The van der Waals surface area contributed by atoms with Gasteiger partial charge in [-0.05, 0) is 49.2 Å². The molecule has 1 heterocycles. The third-order valence-corrected chi connectivity index (χ3v) is 5.61. The maximum Gasteiger partial charge on any atom is 0.274 e. The maximum absolute atomic E-state index is 13.3. The van der Waals surface area contributed by atoms with Gasteiger partial charge in [-0.25, -0.2) is 0 Å². The molecule has 1 aliphatic rings. The van der Waals surface area contributed by atoms with Crippen molar-refractivity contribution in [1.82, 2.24) is 4.57 Å². The quantitative estimate of drug-likeness (QED) is 0.719. The van der Waals surface area contributed by atoms with Gasteiger partial charge in [0.25, 0.3) is 5.91 Å². The fourth-order valence-corrected chi connectivity index (χ4v) is 3.84. The minimum Gasteiger partial charge on any atom is -0.329 e. The number of carbonyl (C=O) groups is 1. The Morgan fingerprint density at radius 1 is 1.20 bits per heavy atom. The Morgan fingerprint density at radius 3 is 2.56 bits per heavy atom. The Kier molecular flexibility index (Phi) is 3.93. The average molecular weight is 398 g/mol. The zero-order chi connectivity index (χ0) is 17.6. The van der Waals surface area contributed by atoms with Crippen LogP contribution in [-0.2, 0) is 5.54 Å². The largest absolute Gasteiger partial charge is 0.329 e. The number of rotatable bonds is 4. The normalized spacial score (nSPS) is 15.3. The van der Waals surface area contributed by atoms with E-state index >= 15 is 0 Å². The molecule has 1 aliphatic carbocycles. The fourth-order valence-electron chi connectivity index (χ4n) is 3.46. The van der Waals surface area contributed by atoms with Gasteiger partial charge in [0.2, 0.25) is 0 Å². The van der Waals surface area contributed by atoms with Crippen LogP contribution in [0.3, 0.4) is 0 Å². The molecule has 4 rings (SSSR count). The highest BCUT2D eigenvalue weighted by Gasteiger charge is 2.46. The van der Waals surface area contributed by atoms with E-state index in [1.165, 1.54) is 0 Å². The maximum atomic E-state index is 13.3. The van der Waals surface area contributed by atoms with E-state index in [1.807, 2.05) is 49.5 Å². The molecule has 0 saturated heterocycles. The van der Waals surface area contributed by atoms with E-state index < -0.39 is 0 Å². The van der Waals surface area contributed by atoms with Crippen molar-refractivity contribution in [3.05, 3.63) is 64.8 Å². The van der Waals surface area contributed by atoms with Gasteiger partial charge in [-0.3, -0.25) is 4.79 Å². The third-order valence-electron chi connectivity index (χ3n) is 5.11. The molecule has 0 unspecified atom stereocenters. The third kappa shape index (κ3) is 2.68. The van der Waals surface area contributed by atoms with Crippen molar-refractivity contribution in [3.8, 4) is 0 Å². The molecule has 3 aromatic rings. The number of fused-ring (bicyclic) bond motifs is 1. The number of para-hydroxylation sites is 1. The van der Waals surface area contributed by atoms with Crippen molar-refractivity contribution in [2.24, 2.45) is 5.73 Å². The second-order valence-electron chi connectivity index (χ2n) is 6.70. The summed E-state index contributed by atoms with van der Waals surface area (Å²) in [4.78, 5) is 15.0. The van der Waals surface area contributed by atoms with E-state index in [2.05, 4.69) is 32.6 Å². The van der Waals surface area contributed by atoms with Crippen LogP contribution >= 0.6 is 15.9 Å². The SMILES string of the molecule is CN(C(=O)c1cc2cc(Br)ccc2n1C1(CN)CC1)c1ccccc1. The lowest BCUT2D eigenvalue weighted by Crippen LogP contribution is -2.34. The molecule has 4 nitrogen and oxygen atoms in total. The summed E-state index contributed by atoms with van der Waals surface area (Å²) >= 11 is 3.52. The molecule has 1 fully saturated rings. The number of hydrogen-bond donors (Lipinski definition) is 1. The summed E-state index contributed by atoms with van der Waals surface area (Å²) < 4.78 is 3.17. The summed E-state index contributed by atoms with van der Waals surface area (Å²) in [5.74, 6) is -0.0155. The van der Waals surface area contributed by atoms with Gasteiger partial charge in [-0.1, -0.05) is 34.1 Å². The van der Waals surface area contributed by atoms with Gasteiger partial charge >= 0.3 is 0 Å². The van der Waals surface area contributed by atoms with E-state index in [4.69, 9.17) is 5.73 Å². The van der Waals surface area contributed by atoms with Gasteiger partial charge in [0.15, 0.2) is 0 Å². The van der Waals surface area contributed by atoms with Gasteiger partial charge < -0.3 is 15.2 Å². The van der Waals surface area contributed by atoms with Crippen molar-refractivity contribution in [3.63, 3.8) is 0 Å². The number of benzene rings is 2. The molecule has 128 valence electrons. The molecule has 25 heavy (non-hydrogen) atoms. The molecular weight excluding hydrogens is 378 g/mol. The first-order valence-electron chi connectivity index (χ1n) is 8.40. The second kappa shape index (κ2) is 6.00. The highest BCUT2D eigenvalue weighted by atomic mass is 79.9. The summed E-state index contributed by atoms with van der Waals surface area (Å²) in [6.45, 7) is 0.544. The monoisotopic (exact) mass is 397 g/mol. The first-order chi connectivity index (χ1) is 12.1. The van der Waals surface area contributed by atoms with Crippen molar-refractivity contribution in [2.45, 2.75) is 18.4 Å². The first-order valence-corrected chi connectivity index (χ1v) is 9.20. The number of halogens is 1. The number of nitrogens with two attached hydrogens (primary N) is 1. The minimum atomic E-state index is -0.127. The lowest BCUT2D eigenvalue weighted by Gasteiger charge is -2.23. The van der Waals surface area contributed by atoms with Gasteiger partial charge in [-0.15, -0.1) is 0 Å². The van der Waals surface area contributed by atoms with E-state index in [9.17, 15) is 4.79 Å². The van der Waals surface area contributed by atoms with E-state index in [1.54, 1.807) is 4.90 Å². The number of aromatic nitrogens is 1. The van der Waals surface area contributed by atoms with Crippen LogP contribution in [0.4, 0.5) is 5.69 Å². The van der Waals surface area contributed by atoms with Gasteiger partial charge in [0, 0.05) is 34.7 Å². The van der Waals surface area contributed by atoms with Gasteiger partial charge in [0.05, 0.1) is 5.54 Å². The minimum absolute atomic E-state index is 0.0155. The Hall–Kier alpha value is -2.11. The number of hydrogen-bond acceptors (Lipinski definition) is 2. The molecule has 0 spiro atoms. The fraction of sp³-hybridized carbons (Fsp3) is 0.250. The van der Waals surface area contributed by atoms with Crippen LogP contribution in [0.25, 0.3) is 10.9 Å². The molecule has 0 atom stereocenters. The lowest BCUT2D eigenvalue weighted by atomic mass is 10.2. The first kappa shape index (κ1) is 16.4.